The number of aromatic nitrogens is 1. The summed E-state index contributed by atoms with van der Waals surface area (Å²) in [5, 5.41) is 8.93. The highest BCUT2D eigenvalue weighted by molar-refractivity contribution is 7.16. The van der Waals surface area contributed by atoms with Gasteiger partial charge in [0.2, 0.25) is 5.91 Å². The molecule has 7 nitrogen and oxygen atoms in total. The Labute approximate surface area is 176 Å². The fourth-order valence-electron chi connectivity index (χ4n) is 3.18. The number of amides is 2. The summed E-state index contributed by atoms with van der Waals surface area (Å²) in [7, 11) is 0. The molecule has 1 atom stereocenters. The standard InChI is InChI=1S/C21H18FN5O2S/c1-12-18(13-7-9-14(22)10-8-13)24-21(30-12)25-20(29)16-11-17(19(23)28)27(26-16)15-5-3-2-4-6-15/h2-10,17H,11H2,1H3,(H2,23,28)(H,24,25,29). The van der Waals surface area contributed by atoms with Crippen molar-refractivity contribution in [3.8, 4) is 11.3 Å². The zero-order valence-corrected chi connectivity index (χ0v) is 16.8. The Morgan fingerprint density at radius 1 is 1.17 bits per heavy atom. The fraction of sp³-hybridized carbons (Fsp3) is 0.143. The van der Waals surface area contributed by atoms with Crippen molar-refractivity contribution in [1.29, 1.82) is 0 Å². The largest absolute Gasteiger partial charge is 0.368 e. The van der Waals surface area contributed by atoms with Gasteiger partial charge in [-0.15, -0.1) is 11.3 Å². The minimum absolute atomic E-state index is 0.102. The summed E-state index contributed by atoms with van der Waals surface area (Å²) in [6, 6.07) is 14.3. The summed E-state index contributed by atoms with van der Waals surface area (Å²) in [5.41, 5.74) is 7.81. The zero-order chi connectivity index (χ0) is 21.3. The van der Waals surface area contributed by atoms with Crippen LogP contribution >= 0.6 is 11.3 Å². The molecule has 1 unspecified atom stereocenters. The Morgan fingerprint density at radius 3 is 2.53 bits per heavy atom. The van der Waals surface area contributed by atoms with E-state index in [1.54, 1.807) is 24.3 Å². The maximum absolute atomic E-state index is 13.2. The fourth-order valence-corrected chi connectivity index (χ4v) is 4.01. The maximum Gasteiger partial charge on any atom is 0.273 e. The average Bonchev–Trinajstić information content (AvgIpc) is 3.33. The number of para-hydroxylation sites is 1. The van der Waals surface area contributed by atoms with Crippen LogP contribution in [-0.2, 0) is 9.59 Å². The first kappa shape index (κ1) is 19.7. The normalized spacial score (nSPS) is 15.7. The van der Waals surface area contributed by atoms with Gasteiger partial charge >= 0.3 is 0 Å². The predicted molar refractivity (Wildman–Crippen MR) is 115 cm³/mol. The van der Waals surface area contributed by atoms with Crippen LogP contribution in [0.15, 0.2) is 59.7 Å². The minimum Gasteiger partial charge on any atom is -0.368 e. The van der Waals surface area contributed by atoms with Gasteiger partial charge in [0.15, 0.2) is 5.13 Å². The van der Waals surface area contributed by atoms with Gasteiger partial charge in [0.05, 0.1) is 11.4 Å². The number of aryl methyl sites for hydroxylation is 1. The van der Waals surface area contributed by atoms with Crippen LogP contribution in [0, 0.1) is 12.7 Å². The van der Waals surface area contributed by atoms with E-state index in [-0.39, 0.29) is 17.9 Å². The van der Waals surface area contributed by atoms with Gasteiger partial charge in [0.1, 0.15) is 17.6 Å². The van der Waals surface area contributed by atoms with Gasteiger partial charge in [-0.1, -0.05) is 18.2 Å². The quantitative estimate of drug-likeness (QED) is 0.657. The Morgan fingerprint density at radius 2 is 1.87 bits per heavy atom. The summed E-state index contributed by atoms with van der Waals surface area (Å²) < 4.78 is 13.2. The van der Waals surface area contributed by atoms with Gasteiger partial charge in [0.25, 0.3) is 5.91 Å². The molecule has 2 amide bonds. The van der Waals surface area contributed by atoms with Crippen molar-refractivity contribution in [3.63, 3.8) is 0 Å². The SMILES string of the molecule is Cc1sc(NC(=O)C2=NN(c3ccccc3)C(C(N)=O)C2)nc1-c1ccc(F)cc1. The molecule has 0 aliphatic carbocycles. The summed E-state index contributed by atoms with van der Waals surface area (Å²) in [4.78, 5) is 30.0. The van der Waals surface area contributed by atoms with Gasteiger partial charge in [-0.25, -0.2) is 9.37 Å². The number of halogens is 1. The summed E-state index contributed by atoms with van der Waals surface area (Å²) in [6.45, 7) is 1.87. The molecule has 2 aromatic carbocycles. The van der Waals surface area contributed by atoms with E-state index in [2.05, 4.69) is 15.4 Å². The van der Waals surface area contributed by atoms with Crippen molar-refractivity contribution >= 4 is 39.7 Å². The molecule has 30 heavy (non-hydrogen) atoms. The second-order valence-electron chi connectivity index (χ2n) is 6.73. The number of hydrogen-bond acceptors (Lipinski definition) is 6. The van der Waals surface area contributed by atoms with Gasteiger partial charge in [-0.2, -0.15) is 5.10 Å². The van der Waals surface area contributed by atoms with E-state index in [0.29, 0.717) is 16.5 Å². The highest BCUT2D eigenvalue weighted by Gasteiger charge is 2.35. The van der Waals surface area contributed by atoms with Crippen molar-refractivity contribution in [2.45, 2.75) is 19.4 Å². The van der Waals surface area contributed by atoms with E-state index >= 15 is 0 Å². The van der Waals surface area contributed by atoms with Crippen LogP contribution in [0.2, 0.25) is 0 Å². The Balaban J connectivity index is 1.55. The zero-order valence-electron chi connectivity index (χ0n) is 16.0. The highest BCUT2D eigenvalue weighted by atomic mass is 32.1. The Bertz CT molecular complexity index is 1130. The topological polar surface area (TPSA) is 101 Å². The third-order valence-corrected chi connectivity index (χ3v) is 5.54. The number of nitrogens with one attached hydrogen (secondary N) is 1. The molecule has 0 bridgehead atoms. The Kier molecular flexibility index (Phi) is 5.28. The molecule has 9 heteroatoms. The molecule has 0 saturated heterocycles. The Hall–Kier alpha value is -3.59. The van der Waals surface area contributed by atoms with Gasteiger partial charge in [-0.05, 0) is 43.3 Å². The number of anilines is 2. The van der Waals surface area contributed by atoms with E-state index in [1.807, 2.05) is 25.1 Å². The van der Waals surface area contributed by atoms with Gasteiger partial charge < -0.3 is 5.73 Å². The number of nitrogens with two attached hydrogens (primary N) is 1. The van der Waals surface area contributed by atoms with E-state index in [4.69, 9.17) is 5.73 Å². The molecule has 1 aliphatic rings. The molecular formula is C21H18FN5O2S. The number of nitrogens with zero attached hydrogens (tertiary/aromatic N) is 3. The smallest absolute Gasteiger partial charge is 0.273 e. The number of rotatable bonds is 5. The van der Waals surface area contributed by atoms with Crippen LogP contribution in [0.1, 0.15) is 11.3 Å². The summed E-state index contributed by atoms with van der Waals surface area (Å²) >= 11 is 1.31. The van der Waals surface area contributed by atoms with Crippen molar-refractivity contribution in [2.24, 2.45) is 10.8 Å². The number of benzene rings is 2. The van der Waals surface area contributed by atoms with Gasteiger partial charge in [0, 0.05) is 16.9 Å². The molecule has 0 radical (unpaired) electrons. The molecule has 0 fully saturated rings. The third-order valence-electron chi connectivity index (χ3n) is 4.66. The van der Waals surface area contributed by atoms with Crippen LogP contribution in [0.4, 0.5) is 15.2 Å². The number of hydrogen-bond donors (Lipinski definition) is 2. The van der Waals surface area contributed by atoms with Crippen molar-refractivity contribution in [1.82, 2.24) is 4.98 Å². The highest BCUT2D eigenvalue weighted by Crippen LogP contribution is 2.31. The van der Waals surface area contributed by atoms with Crippen LogP contribution < -0.4 is 16.1 Å². The van der Waals surface area contributed by atoms with E-state index < -0.39 is 17.9 Å². The molecule has 152 valence electrons. The van der Waals surface area contributed by atoms with E-state index in [9.17, 15) is 14.0 Å². The third kappa shape index (κ3) is 3.92. The lowest BCUT2D eigenvalue weighted by atomic mass is 10.1. The first-order chi connectivity index (χ1) is 14.4. The molecule has 1 aromatic heterocycles. The van der Waals surface area contributed by atoms with Gasteiger partial charge in [-0.3, -0.25) is 19.9 Å². The van der Waals surface area contributed by atoms with E-state index in [1.165, 1.54) is 28.5 Å². The number of primary amides is 1. The molecule has 2 heterocycles. The van der Waals surface area contributed by atoms with Crippen molar-refractivity contribution in [3.05, 3.63) is 65.3 Å². The molecule has 3 aromatic rings. The average molecular weight is 423 g/mol. The van der Waals surface area contributed by atoms with Crippen LogP contribution in [0.5, 0.6) is 0 Å². The number of thiazole rings is 1. The van der Waals surface area contributed by atoms with E-state index in [0.717, 1.165) is 10.4 Å². The molecule has 4 rings (SSSR count). The molecule has 3 N–H and O–H groups in total. The molecule has 0 spiro atoms. The minimum atomic E-state index is -0.735. The lowest BCUT2D eigenvalue weighted by molar-refractivity contribution is -0.119. The lowest BCUT2D eigenvalue weighted by Crippen LogP contribution is -2.39. The van der Waals surface area contributed by atoms with Crippen LogP contribution in [0.25, 0.3) is 11.3 Å². The first-order valence-corrected chi connectivity index (χ1v) is 10.00. The first-order valence-electron chi connectivity index (χ1n) is 9.18. The monoisotopic (exact) mass is 423 g/mol. The lowest BCUT2D eigenvalue weighted by Gasteiger charge is -2.20. The van der Waals surface area contributed by atoms with Crippen LogP contribution in [0.3, 0.4) is 0 Å². The number of carbonyl (C=O) groups is 2. The molecule has 1 aliphatic heterocycles. The molecule has 0 saturated carbocycles. The number of carbonyl (C=O) groups excluding carboxylic acids is 2. The summed E-state index contributed by atoms with van der Waals surface area (Å²) in [5.74, 6) is -1.33. The summed E-state index contributed by atoms with van der Waals surface area (Å²) in [6.07, 6.45) is 0.102. The molecular weight excluding hydrogens is 405 g/mol. The van der Waals surface area contributed by atoms with Crippen molar-refractivity contribution < 1.29 is 14.0 Å². The predicted octanol–water partition coefficient (Wildman–Crippen LogP) is 3.32. The number of hydrazone groups is 1. The second kappa shape index (κ2) is 8.03. The van der Waals surface area contributed by atoms with Crippen LogP contribution in [-0.4, -0.2) is 28.6 Å². The second-order valence-corrected chi connectivity index (χ2v) is 7.94. The van der Waals surface area contributed by atoms with Crippen molar-refractivity contribution in [2.75, 3.05) is 10.3 Å². The maximum atomic E-state index is 13.2.